The van der Waals surface area contributed by atoms with Gasteiger partial charge >= 0.3 is 5.97 Å². The smallest absolute Gasteiger partial charge is 0.345 e. The Kier molecular flexibility index (Phi) is 5.88. The maximum Gasteiger partial charge on any atom is 0.345 e. The lowest BCUT2D eigenvalue weighted by atomic mass is 9.98. The van der Waals surface area contributed by atoms with Crippen molar-refractivity contribution in [3.8, 4) is 5.75 Å². The predicted molar refractivity (Wildman–Crippen MR) is 133 cm³/mol. The molecule has 0 spiro atoms. The first-order valence-corrected chi connectivity index (χ1v) is 12.4. The van der Waals surface area contributed by atoms with Crippen LogP contribution >= 0.6 is 0 Å². The number of ether oxygens (including phenoxy) is 1. The molecule has 0 fully saturated rings. The van der Waals surface area contributed by atoms with Crippen LogP contribution in [0, 0.1) is 6.92 Å². The number of fused-ring (bicyclic) bond motifs is 1. The zero-order chi connectivity index (χ0) is 24.4. The first-order valence-electron chi connectivity index (χ1n) is 10.9. The molecule has 1 aliphatic heterocycles. The highest BCUT2D eigenvalue weighted by Crippen LogP contribution is 2.32. The van der Waals surface area contributed by atoms with E-state index in [0.29, 0.717) is 34.7 Å². The molecule has 1 aliphatic rings. The molecule has 1 aromatic heterocycles. The van der Waals surface area contributed by atoms with Gasteiger partial charge in [-0.05, 0) is 43.3 Å². The number of carbonyl (C=O) groups is 1. The van der Waals surface area contributed by atoms with E-state index < -0.39 is 16.0 Å². The number of rotatable bonds is 6. The summed E-state index contributed by atoms with van der Waals surface area (Å²) in [6, 6.07) is 23.1. The maximum atomic E-state index is 12.6. The third kappa shape index (κ3) is 4.56. The zero-order valence-electron chi connectivity index (χ0n) is 18.8. The average Bonchev–Trinajstić information content (AvgIpc) is 3.15. The van der Waals surface area contributed by atoms with Gasteiger partial charge in [0, 0.05) is 41.3 Å². The molecular formula is C27H21N3O4S. The normalized spacial score (nSPS) is 13.6. The van der Waals surface area contributed by atoms with Crippen molar-refractivity contribution in [2.75, 3.05) is 5.32 Å². The lowest BCUT2D eigenvalue weighted by Gasteiger charge is -2.15. The number of para-hydroxylation sites is 1. The molecule has 3 aromatic carbocycles. The molecule has 4 aromatic rings. The SMILES string of the molecule is Cc1ccc(NCc2ccccc2OC(=O)c2cccnc2)c(C2=NS(=O)(=O)c3ccccc32)c1. The highest BCUT2D eigenvalue weighted by Gasteiger charge is 2.30. The molecular weight excluding hydrogens is 462 g/mol. The second kappa shape index (κ2) is 9.15. The van der Waals surface area contributed by atoms with Crippen LogP contribution in [-0.4, -0.2) is 25.1 Å². The van der Waals surface area contributed by atoms with Crippen molar-refractivity contribution in [3.05, 3.63) is 119 Å². The summed E-state index contributed by atoms with van der Waals surface area (Å²) in [5.74, 6) is -0.0719. The predicted octanol–water partition coefficient (Wildman–Crippen LogP) is 4.76. The molecule has 0 unspecified atom stereocenters. The van der Waals surface area contributed by atoms with Crippen LogP contribution in [0.4, 0.5) is 5.69 Å². The lowest BCUT2D eigenvalue weighted by Crippen LogP contribution is -2.12. The maximum absolute atomic E-state index is 12.6. The van der Waals surface area contributed by atoms with Crippen LogP contribution in [0.25, 0.3) is 0 Å². The van der Waals surface area contributed by atoms with Crippen molar-refractivity contribution in [3.63, 3.8) is 0 Å². The molecule has 0 aliphatic carbocycles. The molecule has 35 heavy (non-hydrogen) atoms. The summed E-state index contributed by atoms with van der Waals surface area (Å²) in [5, 5.41) is 3.37. The van der Waals surface area contributed by atoms with E-state index in [1.165, 1.54) is 6.20 Å². The van der Waals surface area contributed by atoms with Crippen LogP contribution in [0.2, 0.25) is 0 Å². The van der Waals surface area contributed by atoms with Gasteiger partial charge in [0.05, 0.1) is 16.2 Å². The Hall–Kier alpha value is -4.30. The fourth-order valence-corrected chi connectivity index (χ4v) is 5.12. The van der Waals surface area contributed by atoms with Crippen LogP contribution in [0.1, 0.15) is 32.6 Å². The number of nitrogens with one attached hydrogen (secondary N) is 1. The van der Waals surface area contributed by atoms with Crippen molar-refractivity contribution in [1.82, 2.24) is 4.98 Å². The van der Waals surface area contributed by atoms with E-state index in [9.17, 15) is 13.2 Å². The molecule has 5 rings (SSSR count). The van der Waals surface area contributed by atoms with E-state index in [1.54, 1.807) is 54.7 Å². The van der Waals surface area contributed by atoms with Gasteiger partial charge < -0.3 is 10.1 Å². The number of hydrogen-bond acceptors (Lipinski definition) is 6. The van der Waals surface area contributed by atoms with Gasteiger partial charge in [-0.1, -0.05) is 48.0 Å². The quantitative estimate of drug-likeness (QED) is 0.314. The fraction of sp³-hybridized carbons (Fsp3) is 0.0741. The molecule has 7 nitrogen and oxygen atoms in total. The molecule has 8 heteroatoms. The van der Waals surface area contributed by atoms with E-state index in [4.69, 9.17) is 4.74 Å². The molecule has 0 amide bonds. The monoisotopic (exact) mass is 483 g/mol. The number of carbonyl (C=O) groups excluding carboxylic acids is 1. The van der Waals surface area contributed by atoms with E-state index in [0.717, 1.165) is 16.8 Å². The third-order valence-electron chi connectivity index (χ3n) is 5.60. The Morgan fingerprint density at radius 2 is 1.74 bits per heavy atom. The standard InChI is InChI=1S/C27H21N3O4S/c1-18-12-13-23(22(15-18)26-21-9-3-5-11-25(21)35(32,33)30-26)29-17-19-7-2-4-10-24(19)34-27(31)20-8-6-14-28-16-20/h2-16,29H,17H2,1H3. The van der Waals surface area contributed by atoms with Gasteiger partial charge in [0.1, 0.15) is 5.75 Å². The average molecular weight is 484 g/mol. The Bertz CT molecular complexity index is 1560. The van der Waals surface area contributed by atoms with Crippen molar-refractivity contribution in [2.45, 2.75) is 18.4 Å². The van der Waals surface area contributed by atoms with Gasteiger partial charge in [0.25, 0.3) is 10.0 Å². The zero-order valence-corrected chi connectivity index (χ0v) is 19.6. The van der Waals surface area contributed by atoms with Gasteiger partial charge in [0.15, 0.2) is 0 Å². The molecule has 0 saturated carbocycles. The number of nitrogens with zero attached hydrogens (tertiary/aromatic N) is 2. The summed E-state index contributed by atoms with van der Waals surface area (Å²) in [5.41, 5.74) is 4.47. The number of anilines is 1. The van der Waals surface area contributed by atoms with Crippen molar-refractivity contribution in [2.24, 2.45) is 4.40 Å². The minimum absolute atomic E-state index is 0.204. The topological polar surface area (TPSA) is 97.7 Å². The first kappa shape index (κ1) is 22.5. The van der Waals surface area contributed by atoms with Crippen LogP contribution in [0.5, 0.6) is 5.75 Å². The number of hydrogen-bond donors (Lipinski definition) is 1. The fourth-order valence-electron chi connectivity index (χ4n) is 3.89. The second-order valence-corrected chi connectivity index (χ2v) is 9.63. The number of benzene rings is 3. The Balaban J connectivity index is 1.44. The van der Waals surface area contributed by atoms with E-state index in [1.807, 2.05) is 37.3 Å². The number of esters is 1. The van der Waals surface area contributed by atoms with E-state index in [2.05, 4.69) is 14.7 Å². The second-order valence-electron chi connectivity index (χ2n) is 8.05. The number of pyridine rings is 1. The molecule has 174 valence electrons. The minimum atomic E-state index is -3.75. The molecule has 0 bridgehead atoms. The van der Waals surface area contributed by atoms with Gasteiger partial charge in [-0.25, -0.2) is 4.79 Å². The van der Waals surface area contributed by atoms with Crippen LogP contribution in [0.15, 0.2) is 101 Å². The molecule has 2 heterocycles. The molecule has 0 radical (unpaired) electrons. The largest absolute Gasteiger partial charge is 0.423 e. The summed E-state index contributed by atoms with van der Waals surface area (Å²) in [4.78, 5) is 16.7. The van der Waals surface area contributed by atoms with Gasteiger partial charge in [-0.3, -0.25) is 4.98 Å². The van der Waals surface area contributed by atoms with Gasteiger partial charge in [-0.2, -0.15) is 12.8 Å². The van der Waals surface area contributed by atoms with Crippen LogP contribution in [0.3, 0.4) is 0 Å². The Morgan fingerprint density at radius 1 is 0.943 bits per heavy atom. The van der Waals surface area contributed by atoms with Crippen LogP contribution < -0.4 is 10.1 Å². The molecule has 0 atom stereocenters. The summed E-state index contributed by atoms with van der Waals surface area (Å²) in [6.07, 6.45) is 3.04. The van der Waals surface area contributed by atoms with Gasteiger partial charge in [-0.15, -0.1) is 0 Å². The summed E-state index contributed by atoms with van der Waals surface area (Å²) in [6.45, 7) is 2.28. The van der Waals surface area contributed by atoms with Crippen molar-refractivity contribution < 1.29 is 17.9 Å². The number of sulfonamides is 1. The molecule has 1 N–H and O–H groups in total. The summed E-state index contributed by atoms with van der Waals surface area (Å²) >= 11 is 0. The third-order valence-corrected chi connectivity index (χ3v) is 6.94. The van der Waals surface area contributed by atoms with Crippen molar-refractivity contribution in [1.29, 1.82) is 0 Å². The van der Waals surface area contributed by atoms with E-state index in [-0.39, 0.29) is 4.90 Å². The summed E-state index contributed by atoms with van der Waals surface area (Å²) in [7, 11) is -3.75. The number of aryl methyl sites for hydroxylation is 1. The Labute approximate surface area is 203 Å². The number of aromatic nitrogens is 1. The van der Waals surface area contributed by atoms with Crippen molar-refractivity contribution >= 4 is 27.4 Å². The molecule has 0 saturated heterocycles. The highest BCUT2D eigenvalue weighted by molar-refractivity contribution is 7.90. The Morgan fingerprint density at radius 3 is 2.57 bits per heavy atom. The first-order chi connectivity index (χ1) is 16.9. The summed E-state index contributed by atoms with van der Waals surface area (Å²) < 4.78 is 34.9. The van der Waals surface area contributed by atoms with Crippen LogP contribution in [-0.2, 0) is 16.6 Å². The minimum Gasteiger partial charge on any atom is -0.423 e. The van der Waals surface area contributed by atoms with Gasteiger partial charge in [0.2, 0.25) is 0 Å². The van der Waals surface area contributed by atoms with E-state index >= 15 is 0 Å². The highest BCUT2D eigenvalue weighted by atomic mass is 32.2. The lowest BCUT2D eigenvalue weighted by molar-refractivity contribution is 0.0732.